The Hall–Kier alpha value is -4.86. The third kappa shape index (κ3) is 4.31. The summed E-state index contributed by atoms with van der Waals surface area (Å²) in [5.74, 6) is 1.99. The van der Waals surface area contributed by atoms with Crippen LogP contribution in [-0.4, -0.2) is 54.4 Å². The molecule has 10 nitrogen and oxygen atoms in total. The molecule has 0 aromatic heterocycles. The van der Waals surface area contributed by atoms with Gasteiger partial charge in [-0.3, -0.25) is 9.59 Å². The first-order chi connectivity index (χ1) is 19.4. The highest BCUT2D eigenvalue weighted by Crippen LogP contribution is 2.51. The number of hydrogen-bond donors (Lipinski definition) is 0. The van der Waals surface area contributed by atoms with Crippen LogP contribution in [0.3, 0.4) is 0 Å². The third-order valence-corrected chi connectivity index (χ3v) is 6.89. The van der Waals surface area contributed by atoms with E-state index in [1.54, 1.807) is 42.5 Å². The maximum atomic E-state index is 13.5. The van der Waals surface area contributed by atoms with Crippen LogP contribution >= 0.6 is 0 Å². The second-order valence-corrected chi connectivity index (χ2v) is 8.91. The fraction of sp³-hybridized carbons (Fsp3) is 0.267. The fourth-order valence-electron chi connectivity index (χ4n) is 5.07. The van der Waals surface area contributed by atoms with Gasteiger partial charge >= 0.3 is 5.97 Å². The Morgan fingerprint density at radius 1 is 0.725 bits per heavy atom. The van der Waals surface area contributed by atoms with Gasteiger partial charge in [-0.25, -0.2) is 0 Å². The standard InChI is InChI=1S/C30H28O10/c1-33-20-9-7-15(27(36-4)30(20)38-6)11-21-26(32)17-8-10-19-25(28(17)40-21)18(14-24(31)39-19)16-12-22(34-2)29(37-5)23(13-16)35-3/h7-13,18H,14H2,1-6H3. The van der Waals surface area contributed by atoms with E-state index >= 15 is 0 Å². The number of esters is 1. The van der Waals surface area contributed by atoms with Gasteiger partial charge < -0.3 is 37.9 Å². The van der Waals surface area contributed by atoms with Crippen molar-refractivity contribution in [1.29, 1.82) is 0 Å². The minimum Gasteiger partial charge on any atom is -0.493 e. The summed E-state index contributed by atoms with van der Waals surface area (Å²) in [5, 5.41) is 0. The summed E-state index contributed by atoms with van der Waals surface area (Å²) in [5.41, 5.74) is 2.18. The zero-order chi connectivity index (χ0) is 28.6. The lowest BCUT2D eigenvalue weighted by Gasteiger charge is -2.27. The number of carbonyl (C=O) groups is 2. The Labute approximate surface area is 230 Å². The minimum atomic E-state index is -0.511. The van der Waals surface area contributed by atoms with Gasteiger partial charge in [0.1, 0.15) is 11.5 Å². The van der Waals surface area contributed by atoms with Crippen LogP contribution in [0.4, 0.5) is 0 Å². The Balaban J connectivity index is 1.63. The van der Waals surface area contributed by atoms with Crippen molar-refractivity contribution >= 4 is 17.8 Å². The van der Waals surface area contributed by atoms with Crippen LogP contribution < -0.4 is 37.9 Å². The van der Waals surface area contributed by atoms with Gasteiger partial charge in [0.25, 0.3) is 0 Å². The average molecular weight is 549 g/mol. The molecule has 2 heterocycles. The molecule has 208 valence electrons. The van der Waals surface area contributed by atoms with Gasteiger partial charge in [-0.15, -0.1) is 0 Å². The van der Waals surface area contributed by atoms with Crippen LogP contribution in [0.25, 0.3) is 6.08 Å². The lowest BCUT2D eigenvalue weighted by atomic mass is 9.84. The van der Waals surface area contributed by atoms with E-state index in [9.17, 15) is 9.59 Å². The Morgan fingerprint density at radius 3 is 1.98 bits per heavy atom. The molecule has 0 amide bonds. The van der Waals surface area contributed by atoms with Gasteiger partial charge in [-0.2, -0.15) is 0 Å². The first-order valence-electron chi connectivity index (χ1n) is 12.3. The maximum Gasteiger partial charge on any atom is 0.312 e. The lowest BCUT2D eigenvalue weighted by Crippen LogP contribution is -2.21. The molecule has 2 aliphatic rings. The van der Waals surface area contributed by atoms with Crippen molar-refractivity contribution in [3.63, 3.8) is 0 Å². The summed E-state index contributed by atoms with van der Waals surface area (Å²) in [6, 6.07) is 10.2. The van der Waals surface area contributed by atoms with Gasteiger partial charge in [0.15, 0.2) is 28.8 Å². The van der Waals surface area contributed by atoms with Crippen LogP contribution in [0.5, 0.6) is 46.0 Å². The number of rotatable bonds is 8. The molecular weight excluding hydrogens is 520 g/mol. The van der Waals surface area contributed by atoms with Crippen molar-refractivity contribution < 1.29 is 47.5 Å². The Kier molecular flexibility index (Phi) is 7.17. The van der Waals surface area contributed by atoms with Gasteiger partial charge in [0.05, 0.1) is 54.6 Å². The summed E-state index contributed by atoms with van der Waals surface area (Å²) >= 11 is 0. The monoisotopic (exact) mass is 548 g/mol. The van der Waals surface area contributed by atoms with E-state index in [1.807, 2.05) is 0 Å². The first-order valence-corrected chi connectivity index (χ1v) is 12.3. The molecule has 3 aromatic rings. The SMILES string of the molecule is COc1cc(C2CC(=O)Oc3ccc4c(c32)OC(=Cc2ccc(OC)c(OC)c2OC)C4=O)cc(OC)c1OC. The topological polar surface area (TPSA) is 108 Å². The van der Waals surface area contributed by atoms with Gasteiger partial charge in [-0.05, 0) is 48.0 Å². The number of methoxy groups -OCH3 is 6. The molecule has 0 radical (unpaired) electrons. The van der Waals surface area contributed by atoms with Crippen molar-refractivity contribution in [3.05, 3.63) is 64.4 Å². The lowest BCUT2D eigenvalue weighted by molar-refractivity contribution is -0.135. The fourth-order valence-corrected chi connectivity index (χ4v) is 5.07. The molecule has 0 saturated carbocycles. The molecule has 40 heavy (non-hydrogen) atoms. The highest BCUT2D eigenvalue weighted by Gasteiger charge is 2.39. The molecule has 0 saturated heterocycles. The minimum absolute atomic E-state index is 0.0161. The number of Topliss-reactive ketones (excluding diaryl/α,β-unsaturated/α-hetero) is 1. The second kappa shape index (κ2) is 10.7. The van der Waals surface area contributed by atoms with Crippen LogP contribution in [0, 0.1) is 0 Å². The first kappa shape index (κ1) is 26.7. The van der Waals surface area contributed by atoms with Crippen LogP contribution in [0.2, 0.25) is 0 Å². The zero-order valence-electron chi connectivity index (χ0n) is 22.9. The number of ether oxygens (including phenoxy) is 8. The summed E-state index contributed by atoms with van der Waals surface area (Å²) in [6.45, 7) is 0. The van der Waals surface area contributed by atoms with Crippen molar-refractivity contribution in [2.75, 3.05) is 42.7 Å². The van der Waals surface area contributed by atoms with E-state index in [0.29, 0.717) is 68.2 Å². The van der Waals surface area contributed by atoms with Crippen molar-refractivity contribution in [2.24, 2.45) is 0 Å². The smallest absolute Gasteiger partial charge is 0.312 e. The van der Waals surface area contributed by atoms with Crippen LogP contribution in [-0.2, 0) is 4.79 Å². The van der Waals surface area contributed by atoms with E-state index in [-0.39, 0.29) is 18.0 Å². The molecule has 0 spiro atoms. The molecule has 0 bridgehead atoms. The molecule has 0 fully saturated rings. The van der Waals surface area contributed by atoms with E-state index in [2.05, 4.69) is 0 Å². The summed E-state index contributed by atoms with van der Waals surface area (Å²) in [7, 11) is 9.07. The predicted molar refractivity (Wildman–Crippen MR) is 144 cm³/mol. The molecule has 2 aliphatic heterocycles. The van der Waals surface area contributed by atoms with Crippen molar-refractivity contribution in [1.82, 2.24) is 0 Å². The second-order valence-electron chi connectivity index (χ2n) is 8.91. The molecule has 0 N–H and O–H groups in total. The number of allylic oxidation sites excluding steroid dienone is 1. The van der Waals surface area contributed by atoms with Gasteiger partial charge in [0, 0.05) is 17.0 Å². The van der Waals surface area contributed by atoms with E-state index in [4.69, 9.17) is 37.9 Å². The molecule has 10 heteroatoms. The van der Waals surface area contributed by atoms with Gasteiger partial charge in [0.2, 0.25) is 17.3 Å². The van der Waals surface area contributed by atoms with E-state index in [1.165, 1.54) is 42.7 Å². The molecule has 5 rings (SSSR count). The molecule has 1 unspecified atom stereocenters. The Bertz CT molecular complexity index is 1510. The molecular formula is C30H28O10. The quantitative estimate of drug-likeness (QED) is 0.221. The average Bonchev–Trinajstić information content (AvgIpc) is 3.29. The number of hydrogen-bond acceptors (Lipinski definition) is 10. The largest absolute Gasteiger partial charge is 0.493 e. The van der Waals surface area contributed by atoms with Crippen molar-refractivity contribution in [3.8, 4) is 46.0 Å². The van der Waals surface area contributed by atoms with Crippen LogP contribution in [0.1, 0.15) is 39.4 Å². The number of benzene rings is 3. The third-order valence-electron chi connectivity index (χ3n) is 6.89. The number of carbonyl (C=O) groups excluding carboxylic acids is 2. The van der Waals surface area contributed by atoms with E-state index in [0.717, 1.165) is 0 Å². The number of fused-ring (bicyclic) bond motifs is 3. The highest BCUT2D eigenvalue weighted by molar-refractivity contribution is 6.15. The zero-order valence-corrected chi connectivity index (χ0v) is 22.9. The molecule has 3 aromatic carbocycles. The van der Waals surface area contributed by atoms with Crippen molar-refractivity contribution in [2.45, 2.75) is 12.3 Å². The maximum absolute atomic E-state index is 13.5. The van der Waals surface area contributed by atoms with Crippen LogP contribution in [0.15, 0.2) is 42.2 Å². The van der Waals surface area contributed by atoms with E-state index < -0.39 is 11.9 Å². The molecule has 0 aliphatic carbocycles. The normalized spacial score (nSPS) is 16.4. The number of ketones is 1. The van der Waals surface area contributed by atoms with Gasteiger partial charge in [-0.1, -0.05) is 0 Å². The summed E-state index contributed by atoms with van der Waals surface area (Å²) < 4.78 is 44.7. The highest BCUT2D eigenvalue weighted by atomic mass is 16.5. The molecule has 1 atom stereocenters. The predicted octanol–water partition coefficient (Wildman–Crippen LogP) is 4.80. The Morgan fingerprint density at radius 2 is 1.38 bits per heavy atom. The summed E-state index contributed by atoms with van der Waals surface area (Å²) in [4.78, 5) is 26.1. The summed E-state index contributed by atoms with van der Waals surface area (Å²) in [6.07, 6.45) is 1.60.